The summed E-state index contributed by atoms with van der Waals surface area (Å²) in [5.74, 6) is 0. The topological polar surface area (TPSA) is 58.7 Å². The van der Waals surface area contributed by atoms with Crippen molar-refractivity contribution < 1.29 is 4.92 Å². The zero-order valence-corrected chi connectivity index (χ0v) is 14.5. The average molecular weight is 354 g/mol. The molecule has 0 radical (unpaired) electrons. The van der Waals surface area contributed by atoms with Crippen LogP contribution in [0.25, 0.3) is 0 Å². The number of aliphatic imine (C=N–C) groups is 1. The summed E-state index contributed by atoms with van der Waals surface area (Å²) in [6.45, 7) is 1.89. The van der Waals surface area contributed by atoms with Crippen LogP contribution in [0.15, 0.2) is 28.1 Å². The van der Waals surface area contributed by atoms with E-state index in [9.17, 15) is 10.1 Å². The Morgan fingerprint density at radius 1 is 1.26 bits per heavy atom. The number of nitro groups is 1. The highest BCUT2D eigenvalue weighted by Gasteiger charge is 2.26. The highest BCUT2D eigenvalue weighted by atomic mass is 35.5. The molecule has 3 rings (SSSR count). The van der Waals surface area contributed by atoms with E-state index in [2.05, 4.69) is 4.90 Å². The third kappa shape index (κ3) is 3.98. The van der Waals surface area contributed by atoms with Gasteiger partial charge in [-0.05, 0) is 25.3 Å². The first kappa shape index (κ1) is 16.6. The van der Waals surface area contributed by atoms with Gasteiger partial charge in [-0.25, -0.2) is 0 Å². The summed E-state index contributed by atoms with van der Waals surface area (Å²) >= 11 is 7.76. The Hall–Kier alpha value is -1.27. The molecule has 0 aromatic heterocycles. The summed E-state index contributed by atoms with van der Waals surface area (Å²) in [6, 6.07) is 5.22. The second kappa shape index (κ2) is 7.53. The van der Waals surface area contributed by atoms with Crippen LogP contribution in [0.1, 0.15) is 38.5 Å². The first-order chi connectivity index (χ1) is 11.1. The third-order valence-corrected chi connectivity index (χ3v) is 5.94. The summed E-state index contributed by atoms with van der Waals surface area (Å²) in [5, 5.41) is 12.3. The van der Waals surface area contributed by atoms with Crippen LogP contribution in [-0.4, -0.2) is 34.1 Å². The summed E-state index contributed by atoms with van der Waals surface area (Å²) in [4.78, 5) is 18.3. The Bertz CT molecular complexity index is 617. The van der Waals surface area contributed by atoms with Crippen LogP contribution in [0.5, 0.6) is 0 Å². The first-order valence-electron chi connectivity index (χ1n) is 8.08. The predicted molar refractivity (Wildman–Crippen MR) is 94.5 cm³/mol. The van der Waals surface area contributed by atoms with E-state index in [1.165, 1.54) is 56.0 Å². The lowest BCUT2D eigenvalue weighted by molar-refractivity contribution is -0.384. The average Bonchev–Trinajstić information content (AvgIpc) is 2.58. The van der Waals surface area contributed by atoms with Gasteiger partial charge in [-0.3, -0.25) is 15.1 Å². The fourth-order valence-corrected chi connectivity index (χ4v) is 4.50. The number of amidine groups is 1. The number of benzene rings is 1. The molecule has 124 valence electrons. The van der Waals surface area contributed by atoms with Gasteiger partial charge in [0.05, 0.1) is 9.95 Å². The van der Waals surface area contributed by atoms with Crippen LogP contribution in [0.2, 0.25) is 5.02 Å². The molecule has 7 heteroatoms. The first-order valence-corrected chi connectivity index (χ1v) is 9.27. The molecular weight excluding hydrogens is 334 g/mol. The van der Waals surface area contributed by atoms with E-state index < -0.39 is 4.92 Å². The maximum atomic E-state index is 10.8. The quantitative estimate of drug-likeness (QED) is 0.582. The van der Waals surface area contributed by atoms with Gasteiger partial charge in [0, 0.05) is 36.2 Å². The van der Waals surface area contributed by atoms with Crippen molar-refractivity contribution in [3.63, 3.8) is 0 Å². The van der Waals surface area contributed by atoms with E-state index in [-0.39, 0.29) is 5.69 Å². The number of halogens is 1. The number of hydrogen-bond donors (Lipinski definition) is 0. The van der Waals surface area contributed by atoms with Crippen molar-refractivity contribution in [1.29, 1.82) is 0 Å². The standard InChI is InChI=1S/C16H20ClN3O2S/c17-14-11-13(20(21)22)7-8-15(14)23-16-18-9-4-10-19(16)12-5-2-1-3-6-12/h7-8,11-12H,1-6,9-10H2. The molecule has 0 atom stereocenters. The van der Waals surface area contributed by atoms with Gasteiger partial charge in [0.1, 0.15) is 0 Å². The van der Waals surface area contributed by atoms with Crippen LogP contribution in [0.4, 0.5) is 5.69 Å². The van der Waals surface area contributed by atoms with Gasteiger partial charge in [-0.1, -0.05) is 42.6 Å². The van der Waals surface area contributed by atoms with Gasteiger partial charge in [0.2, 0.25) is 0 Å². The van der Waals surface area contributed by atoms with Crippen molar-refractivity contribution in [2.45, 2.75) is 49.5 Å². The Labute approximate surface area is 145 Å². The Kier molecular flexibility index (Phi) is 5.43. The zero-order chi connectivity index (χ0) is 16.2. The summed E-state index contributed by atoms with van der Waals surface area (Å²) in [5.41, 5.74) is 0.0223. The van der Waals surface area contributed by atoms with Gasteiger partial charge in [0.15, 0.2) is 5.17 Å². The third-order valence-electron chi connectivity index (χ3n) is 4.39. The molecule has 2 aliphatic rings. The number of non-ortho nitro benzene ring substituents is 1. The molecule has 0 bridgehead atoms. The molecule has 5 nitrogen and oxygen atoms in total. The van der Waals surface area contributed by atoms with E-state index in [4.69, 9.17) is 16.6 Å². The number of thioether (sulfide) groups is 1. The molecule has 1 aromatic carbocycles. The lowest BCUT2D eigenvalue weighted by Gasteiger charge is -2.38. The van der Waals surface area contributed by atoms with Crippen molar-refractivity contribution in [3.05, 3.63) is 33.3 Å². The van der Waals surface area contributed by atoms with Gasteiger partial charge >= 0.3 is 0 Å². The maximum absolute atomic E-state index is 10.8. The van der Waals surface area contributed by atoms with Crippen molar-refractivity contribution in [2.24, 2.45) is 4.99 Å². The number of nitrogens with zero attached hydrogens (tertiary/aromatic N) is 3. The fourth-order valence-electron chi connectivity index (χ4n) is 3.21. The highest BCUT2D eigenvalue weighted by Crippen LogP contribution is 2.35. The molecule has 0 N–H and O–H groups in total. The van der Waals surface area contributed by atoms with Gasteiger partial charge in [-0.15, -0.1) is 0 Å². The van der Waals surface area contributed by atoms with E-state index in [1.54, 1.807) is 6.07 Å². The minimum absolute atomic E-state index is 0.0223. The summed E-state index contributed by atoms with van der Waals surface area (Å²) < 4.78 is 0. The summed E-state index contributed by atoms with van der Waals surface area (Å²) in [6.07, 6.45) is 7.46. The molecule has 1 aliphatic carbocycles. The van der Waals surface area contributed by atoms with E-state index in [0.29, 0.717) is 11.1 Å². The smallest absolute Gasteiger partial charge is 0.270 e. The molecular formula is C16H20ClN3O2S. The van der Waals surface area contributed by atoms with Crippen molar-refractivity contribution in [2.75, 3.05) is 13.1 Å². The van der Waals surface area contributed by atoms with Crippen LogP contribution >= 0.6 is 23.4 Å². The van der Waals surface area contributed by atoms with E-state index in [0.717, 1.165) is 29.6 Å². The monoisotopic (exact) mass is 353 g/mol. The highest BCUT2D eigenvalue weighted by molar-refractivity contribution is 8.13. The number of nitro benzene ring substituents is 1. The minimum Gasteiger partial charge on any atom is -0.348 e. The summed E-state index contributed by atoms with van der Waals surface area (Å²) in [7, 11) is 0. The normalized spacial score (nSPS) is 19.5. The second-order valence-electron chi connectivity index (χ2n) is 5.98. The SMILES string of the molecule is O=[N+]([O-])c1ccc(SC2=NCCCN2C2CCCCC2)c(Cl)c1. The molecule has 0 amide bonds. The molecule has 1 aliphatic heterocycles. The Morgan fingerprint density at radius 3 is 2.74 bits per heavy atom. The molecule has 1 aromatic rings. The molecule has 0 spiro atoms. The van der Waals surface area contributed by atoms with Crippen LogP contribution in [0.3, 0.4) is 0 Å². The van der Waals surface area contributed by atoms with E-state index in [1.807, 2.05) is 0 Å². The molecule has 23 heavy (non-hydrogen) atoms. The molecule has 1 fully saturated rings. The molecule has 1 saturated carbocycles. The molecule has 0 unspecified atom stereocenters. The van der Waals surface area contributed by atoms with Gasteiger partial charge in [-0.2, -0.15) is 0 Å². The van der Waals surface area contributed by atoms with Gasteiger partial charge < -0.3 is 4.90 Å². The number of rotatable bonds is 3. The Balaban J connectivity index is 1.77. The fraction of sp³-hybridized carbons (Fsp3) is 0.562. The second-order valence-corrected chi connectivity index (χ2v) is 7.39. The predicted octanol–water partition coefficient (Wildman–Crippen LogP) is 4.73. The molecule has 0 saturated heterocycles. The van der Waals surface area contributed by atoms with E-state index >= 15 is 0 Å². The Morgan fingerprint density at radius 2 is 2.04 bits per heavy atom. The largest absolute Gasteiger partial charge is 0.348 e. The lowest BCUT2D eigenvalue weighted by Crippen LogP contribution is -2.43. The van der Waals surface area contributed by atoms with Crippen LogP contribution in [-0.2, 0) is 0 Å². The maximum Gasteiger partial charge on any atom is 0.270 e. The van der Waals surface area contributed by atoms with Crippen LogP contribution in [0, 0.1) is 10.1 Å². The van der Waals surface area contributed by atoms with Crippen molar-refractivity contribution >= 4 is 34.2 Å². The lowest BCUT2D eigenvalue weighted by atomic mass is 9.94. The van der Waals surface area contributed by atoms with Crippen LogP contribution < -0.4 is 0 Å². The molecule has 1 heterocycles. The van der Waals surface area contributed by atoms with Crippen molar-refractivity contribution in [3.8, 4) is 0 Å². The minimum atomic E-state index is -0.424. The zero-order valence-electron chi connectivity index (χ0n) is 12.9. The number of hydrogen-bond acceptors (Lipinski definition) is 5. The van der Waals surface area contributed by atoms with Gasteiger partial charge in [0.25, 0.3) is 5.69 Å². The van der Waals surface area contributed by atoms with Crippen molar-refractivity contribution in [1.82, 2.24) is 4.90 Å².